The summed E-state index contributed by atoms with van der Waals surface area (Å²) >= 11 is 2.74. The van der Waals surface area contributed by atoms with Gasteiger partial charge in [0.1, 0.15) is 16.5 Å². The molecule has 0 spiro atoms. The second-order valence-electron chi connectivity index (χ2n) is 9.72. The molecular weight excluding hydrogens is 578 g/mol. The zero-order chi connectivity index (χ0) is 30.2. The SMILES string of the molecule is CCCCn1c(CNC(=O)c2cc(OC)cc(OC)c2)nnc1SC(C)C(=O)Nc1sc2c(c1C(=O)OCC)CCC2. The number of nitrogens with zero attached hydrogens (tertiary/aromatic N) is 3. The number of anilines is 1. The van der Waals surface area contributed by atoms with Crippen molar-refractivity contribution < 1.29 is 28.6 Å². The number of nitrogens with one attached hydrogen (secondary N) is 2. The molecule has 1 aliphatic carbocycles. The van der Waals surface area contributed by atoms with Crippen molar-refractivity contribution in [2.45, 2.75) is 76.4 Å². The lowest BCUT2D eigenvalue weighted by Crippen LogP contribution is -2.25. The Bertz CT molecular complexity index is 1410. The van der Waals surface area contributed by atoms with E-state index in [0.29, 0.717) is 45.2 Å². The molecule has 0 saturated heterocycles. The number of hydrogen-bond acceptors (Lipinski definition) is 10. The summed E-state index contributed by atoms with van der Waals surface area (Å²) in [4.78, 5) is 40.0. The van der Waals surface area contributed by atoms with Crippen LogP contribution < -0.4 is 20.1 Å². The number of benzene rings is 1. The first kappa shape index (κ1) is 31.4. The first-order chi connectivity index (χ1) is 20.3. The van der Waals surface area contributed by atoms with Gasteiger partial charge in [-0.1, -0.05) is 25.1 Å². The second kappa shape index (κ2) is 14.5. The van der Waals surface area contributed by atoms with E-state index in [9.17, 15) is 14.4 Å². The van der Waals surface area contributed by atoms with Crippen LogP contribution in [0.3, 0.4) is 0 Å². The normalized spacial score (nSPS) is 12.9. The number of carbonyl (C=O) groups is 3. The van der Waals surface area contributed by atoms with Crippen molar-refractivity contribution in [3.63, 3.8) is 0 Å². The van der Waals surface area contributed by atoms with Crippen molar-refractivity contribution in [1.82, 2.24) is 20.1 Å². The van der Waals surface area contributed by atoms with Gasteiger partial charge in [0.15, 0.2) is 11.0 Å². The minimum Gasteiger partial charge on any atom is -0.497 e. The number of rotatable bonds is 14. The molecule has 11 nitrogen and oxygen atoms in total. The topological polar surface area (TPSA) is 134 Å². The number of fused-ring (bicyclic) bond motifs is 1. The molecule has 0 radical (unpaired) electrons. The van der Waals surface area contributed by atoms with Crippen molar-refractivity contribution in [1.29, 1.82) is 0 Å². The summed E-state index contributed by atoms with van der Waals surface area (Å²) in [6, 6.07) is 4.97. The van der Waals surface area contributed by atoms with Gasteiger partial charge >= 0.3 is 5.97 Å². The number of thiophene rings is 1. The van der Waals surface area contributed by atoms with Crippen LogP contribution in [-0.4, -0.2) is 58.6 Å². The number of aryl methyl sites for hydroxylation is 1. The molecule has 0 fully saturated rings. The van der Waals surface area contributed by atoms with Crippen LogP contribution in [-0.2, 0) is 35.5 Å². The molecule has 0 aliphatic heterocycles. The summed E-state index contributed by atoms with van der Waals surface area (Å²) in [6.45, 7) is 6.72. The van der Waals surface area contributed by atoms with E-state index >= 15 is 0 Å². The largest absolute Gasteiger partial charge is 0.497 e. The molecule has 1 unspecified atom stereocenters. The van der Waals surface area contributed by atoms with E-state index in [1.807, 2.05) is 4.57 Å². The molecule has 2 N–H and O–H groups in total. The summed E-state index contributed by atoms with van der Waals surface area (Å²) in [6.07, 6.45) is 4.54. The first-order valence-electron chi connectivity index (χ1n) is 14.0. The lowest BCUT2D eigenvalue weighted by molar-refractivity contribution is -0.115. The van der Waals surface area contributed by atoms with Crippen LogP contribution in [0, 0.1) is 0 Å². The van der Waals surface area contributed by atoms with E-state index in [-0.39, 0.29) is 25.0 Å². The van der Waals surface area contributed by atoms with Crippen LogP contribution in [0.4, 0.5) is 5.00 Å². The van der Waals surface area contributed by atoms with Gasteiger partial charge in [-0.3, -0.25) is 9.59 Å². The highest BCUT2D eigenvalue weighted by molar-refractivity contribution is 8.00. The highest BCUT2D eigenvalue weighted by Gasteiger charge is 2.30. The van der Waals surface area contributed by atoms with Crippen LogP contribution in [0.15, 0.2) is 23.4 Å². The Morgan fingerprint density at radius 1 is 1.10 bits per heavy atom. The second-order valence-corrected chi connectivity index (χ2v) is 12.1. The third kappa shape index (κ3) is 7.24. The number of methoxy groups -OCH3 is 2. The molecule has 0 saturated carbocycles. The molecule has 42 heavy (non-hydrogen) atoms. The smallest absolute Gasteiger partial charge is 0.341 e. The van der Waals surface area contributed by atoms with Crippen LogP contribution in [0.2, 0.25) is 0 Å². The predicted octanol–water partition coefficient (Wildman–Crippen LogP) is 4.87. The van der Waals surface area contributed by atoms with Crippen LogP contribution in [0.1, 0.15) is 77.0 Å². The van der Waals surface area contributed by atoms with Crippen LogP contribution >= 0.6 is 23.1 Å². The number of amides is 2. The number of aromatic nitrogens is 3. The summed E-state index contributed by atoms with van der Waals surface area (Å²) in [5, 5.41) is 15.1. The molecule has 1 aliphatic rings. The quantitative estimate of drug-likeness (QED) is 0.192. The minimum atomic E-state index is -0.520. The zero-order valence-electron chi connectivity index (χ0n) is 24.6. The molecule has 3 aromatic rings. The number of ether oxygens (including phenoxy) is 3. The molecule has 4 rings (SSSR count). The maximum absolute atomic E-state index is 13.3. The fraction of sp³-hybridized carbons (Fsp3) is 0.483. The van der Waals surface area contributed by atoms with E-state index < -0.39 is 11.2 Å². The Morgan fingerprint density at radius 3 is 2.50 bits per heavy atom. The summed E-state index contributed by atoms with van der Waals surface area (Å²) < 4.78 is 17.8. The lowest BCUT2D eigenvalue weighted by Gasteiger charge is -2.14. The van der Waals surface area contributed by atoms with E-state index in [1.165, 1.54) is 37.3 Å². The molecule has 1 aromatic carbocycles. The van der Waals surface area contributed by atoms with Gasteiger partial charge < -0.3 is 29.4 Å². The molecule has 2 amide bonds. The number of thioether (sulfide) groups is 1. The van der Waals surface area contributed by atoms with Gasteiger partial charge in [-0.25, -0.2) is 4.79 Å². The third-order valence-corrected chi connectivity index (χ3v) is 9.13. The molecule has 0 bridgehead atoms. The zero-order valence-corrected chi connectivity index (χ0v) is 26.2. The Labute approximate surface area is 253 Å². The number of carbonyl (C=O) groups excluding carboxylic acids is 3. The maximum Gasteiger partial charge on any atom is 0.341 e. The lowest BCUT2D eigenvalue weighted by atomic mass is 10.1. The Hall–Kier alpha value is -3.58. The number of unbranched alkanes of at least 4 members (excludes halogenated alkanes) is 1. The van der Waals surface area contributed by atoms with Crippen LogP contribution in [0.25, 0.3) is 0 Å². The Balaban J connectivity index is 1.46. The fourth-order valence-corrected chi connectivity index (χ4v) is 6.79. The summed E-state index contributed by atoms with van der Waals surface area (Å²) in [5.41, 5.74) is 1.87. The van der Waals surface area contributed by atoms with Crippen molar-refractivity contribution in [3.05, 3.63) is 45.6 Å². The Kier molecular flexibility index (Phi) is 10.9. The summed E-state index contributed by atoms with van der Waals surface area (Å²) in [7, 11) is 3.05. The maximum atomic E-state index is 13.3. The molecule has 13 heteroatoms. The molecule has 2 aromatic heterocycles. The highest BCUT2D eigenvalue weighted by atomic mass is 32.2. The van der Waals surface area contributed by atoms with Gasteiger partial charge in [-0.2, -0.15) is 0 Å². The van der Waals surface area contributed by atoms with Gasteiger partial charge in [0.25, 0.3) is 5.91 Å². The molecule has 1 atom stereocenters. The highest BCUT2D eigenvalue weighted by Crippen LogP contribution is 2.40. The van der Waals surface area contributed by atoms with Crippen LogP contribution in [0.5, 0.6) is 11.5 Å². The van der Waals surface area contributed by atoms with E-state index in [0.717, 1.165) is 42.5 Å². The third-order valence-electron chi connectivity index (χ3n) is 6.84. The predicted molar refractivity (Wildman–Crippen MR) is 162 cm³/mol. The van der Waals surface area contributed by atoms with Crippen molar-refractivity contribution in [2.75, 3.05) is 26.1 Å². The van der Waals surface area contributed by atoms with Gasteiger partial charge in [-0.05, 0) is 57.2 Å². The van der Waals surface area contributed by atoms with E-state index in [1.54, 1.807) is 32.0 Å². The summed E-state index contributed by atoms with van der Waals surface area (Å²) in [5.74, 6) is 0.667. The van der Waals surface area contributed by atoms with E-state index in [2.05, 4.69) is 27.8 Å². The average molecular weight is 616 g/mol. The van der Waals surface area contributed by atoms with E-state index in [4.69, 9.17) is 14.2 Å². The molecule has 226 valence electrons. The van der Waals surface area contributed by atoms with Gasteiger partial charge in [-0.15, -0.1) is 21.5 Å². The first-order valence-corrected chi connectivity index (χ1v) is 15.7. The monoisotopic (exact) mass is 615 g/mol. The van der Waals surface area contributed by atoms with Gasteiger partial charge in [0.05, 0.1) is 38.2 Å². The minimum absolute atomic E-state index is 0.153. The van der Waals surface area contributed by atoms with Gasteiger partial charge in [0, 0.05) is 23.1 Å². The molecular formula is C29H37N5O6S2. The van der Waals surface area contributed by atoms with Crippen molar-refractivity contribution in [2.24, 2.45) is 0 Å². The Morgan fingerprint density at radius 2 is 1.83 bits per heavy atom. The standard InChI is InChI=1S/C29H37N5O6S2/c1-6-8-12-34-23(16-30-26(36)18-13-19(38-4)15-20(14-18)39-5)32-33-29(34)41-17(3)25(35)31-27-24(28(37)40-7-2)21-10-9-11-22(21)42-27/h13-15,17H,6-12,16H2,1-5H3,(H,30,36)(H,31,35). The van der Waals surface area contributed by atoms with Crippen molar-refractivity contribution in [3.8, 4) is 11.5 Å². The van der Waals surface area contributed by atoms with Crippen molar-refractivity contribution >= 4 is 45.9 Å². The van der Waals surface area contributed by atoms with Gasteiger partial charge in [0.2, 0.25) is 5.91 Å². The number of hydrogen-bond donors (Lipinski definition) is 2. The fourth-order valence-electron chi connectivity index (χ4n) is 4.61. The molecule has 2 heterocycles. The average Bonchev–Trinajstić information content (AvgIpc) is 3.69. The number of esters is 1.